The van der Waals surface area contributed by atoms with Crippen molar-refractivity contribution in [1.29, 1.82) is 0 Å². The van der Waals surface area contributed by atoms with Crippen LogP contribution in [0.25, 0.3) is 0 Å². The summed E-state index contributed by atoms with van der Waals surface area (Å²) in [7, 11) is -1.67. The van der Waals surface area contributed by atoms with Gasteiger partial charge in [0.05, 0.1) is 72.7 Å². The van der Waals surface area contributed by atoms with E-state index in [1.807, 2.05) is 0 Å². The Morgan fingerprint density at radius 1 is 0.577 bits per heavy atom. The minimum Gasteiger partial charge on any atom is -0.414 e. The van der Waals surface area contributed by atoms with Gasteiger partial charge < -0.3 is 28.1 Å². The van der Waals surface area contributed by atoms with Crippen LogP contribution in [-0.2, 0) is 28.1 Å². The lowest BCUT2D eigenvalue weighted by Gasteiger charge is -2.36. The molecule has 0 fully saturated rings. The molecule has 8 heteroatoms. The van der Waals surface area contributed by atoms with Crippen molar-refractivity contribution in [2.24, 2.45) is 0 Å². The molecule has 0 aromatic carbocycles. The number of hydrogen-bond donors (Lipinski definition) is 0. The third kappa shape index (κ3) is 15.0. The zero-order valence-electron chi connectivity index (χ0n) is 17.3. The van der Waals surface area contributed by atoms with Crippen LogP contribution in [0.2, 0.25) is 18.1 Å². The van der Waals surface area contributed by atoms with Crippen molar-refractivity contribution in [3.8, 4) is 0 Å². The zero-order chi connectivity index (χ0) is 19.7. The second-order valence-electron chi connectivity index (χ2n) is 7.36. The number of halogens is 1. The molecular weight excluding hydrogens is 359 g/mol. The predicted octanol–water partition coefficient (Wildman–Crippen LogP) is 3.06. The summed E-state index contributed by atoms with van der Waals surface area (Å²) < 4.78 is 44.3. The molecule has 0 amide bonds. The molecule has 6 nitrogen and oxygen atoms in total. The molecule has 0 aliphatic rings. The Balaban J connectivity index is 3.21. The van der Waals surface area contributed by atoms with Crippen molar-refractivity contribution >= 4 is 8.32 Å². The molecule has 0 aromatic heterocycles. The number of hydrogen-bond acceptors (Lipinski definition) is 6. The highest BCUT2D eigenvalue weighted by Gasteiger charge is 2.36. The molecule has 0 saturated heterocycles. The van der Waals surface area contributed by atoms with Crippen LogP contribution in [0, 0.1) is 0 Å². The smallest absolute Gasteiger partial charge is 0.192 e. The molecule has 0 atom stereocenters. The molecule has 0 aromatic rings. The fourth-order valence-electron chi connectivity index (χ4n) is 1.61. The average Bonchev–Trinajstić information content (AvgIpc) is 2.56. The Bertz CT molecular complexity index is 313. The standard InChI is InChI=1S/C18H39FO6Si/c1-18(2,3)26(4,5)25-17-16-24-15-14-23-13-12-22-11-10-21-9-8-20-7-6-19/h6-17H2,1-5H3. The fraction of sp³-hybridized carbons (Fsp3) is 1.00. The highest BCUT2D eigenvalue weighted by atomic mass is 28.4. The van der Waals surface area contributed by atoms with E-state index in [2.05, 4.69) is 33.9 Å². The predicted molar refractivity (Wildman–Crippen MR) is 103 cm³/mol. The fourth-order valence-corrected chi connectivity index (χ4v) is 2.64. The van der Waals surface area contributed by atoms with E-state index in [0.717, 1.165) is 0 Å². The summed E-state index contributed by atoms with van der Waals surface area (Å²) in [6.07, 6.45) is 0. The van der Waals surface area contributed by atoms with Gasteiger partial charge in [0.1, 0.15) is 6.67 Å². The maximum Gasteiger partial charge on any atom is 0.192 e. The molecule has 0 saturated carbocycles. The van der Waals surface area contributed by atoms with E-state index in [9.17, 15) is 4.39 Å². The molecular formula is C18H39FO6Si. The molecule has 26 heavy (non-hydrogen) atoms. The molecule has 0 rings (SSSR count). The van der Waals surface area contributed by atoms with Gasteiger partial charge in [0.25, 0.3) is 0 Å². The van der Waals surface area contributed by atoms with Gasteiger partial charge in [0.15, 0.2) is 8.32 Å². The largest absolute Gasteiger partial charge is 0.414 e. The van der Waals surface area contributed by atoms with Crippen LogP contribution in [-0.4, -0.2) is 87.7 Å². The van der Waals surface area contributed by atoms with Crippen molar-refractivity contribution in [3.05, 3.63) is 0 Å². The quantitative estimate of drug-likeness (QED) is 0.261. The lowest BCUT2D eigenvalue weighted by molar-refractivity contribution is -0.0135. The molecule has 0 bridgehead atoms. The molecule has 0 aliphatic heterocycles. The van der Waals surface area contributed by atoms with Gasteiger partial charge in [-0.25, -0.2) is 4.39 Å². The van der Waals surface area contributed by atoms with Gasteiger partial charge >= 0.3 is 0 Å². The van der Waals surface area contributed by atoms with E-state index < -0.39 is 15.0 Å². The van der Waals surface area contributed by atoms with Crippen molar-refractivity contribution < 1.29 is 32.5 Å². The maximum absolute atomic E-state index is 11.7. The lowest BCUT2D eigenvalue weighted by Crippen LogP contribution is -2.41. The van der Waals surface area contributed by atoms with E-state index in [0.29, 0.717) is 66.1 Å². The molecule has 0 aliphatic carbocycles. The number of ether oxygens (including phenoxy) is 5. The van der Waals surface area contributed by atoms with Gasteiger partial charge in [-0.2, -0.15) is 0 Å². The number of rotatable bonds is 18. The molecule has 158 valence electrons. The highest BCUT2D eigenvalue weighted by molar-refractivity contribution is 6.74. The van der Waals surface area contributed by atoms with Crippen molar-refractivity contribution in [2.75, 3.05) is 79.4 Å². The third-order valence-corrected chi connectivity index (χ3v) is 8.74. The average molecular weight is 399 g/mol. The van der Waals surface area contributed by atoms with Gasteiger partial charge in [-0.15, -0.1) is 0 Å². The summed E-state index contributed by atoms with van der Waals surface area (Å²) in [5.74, 6) is 0. The Morgan fingerprint density at radius 2 is 0.885 bits per heavy atom. The molecule has 0 unspecified atom stereocenters. The topological polar surface area (TPSA) is 55.4 Å². The zero-order valence-corrected chi connectivity index (χ0v) is 18.3. The molecule has 0 heterocycles. The normalized spacial score (nSPS) is 12.7. The van der Waals surface area contributed by atoms with E-state index in [1.165, 1.54) is 0 Å². The van der Waals surface area contributed by atoms with Crippen LogP contribution in [0.3, 0.4) is 0 Å². The van der Waals surface area contributed by atoms with E-state index in [4.69, 9.17) is 28.1 Å². The van der Waals surface area contributed by atoms with Gasteiger partial charge in [-0.3, -0.25) is 0 Å². The highest BCUT2D eigenvalue weighted by Crippen LogP contribution is 2.36. The SMILES string of the molecule is CC(C)(C)[Si](C)(C)OCCOCCOCCOCCOCCOCCF. The van der Waals surface area contributed by atoms with Crippen molar-refractivity contribution in [3.63, 3.8) is 0 Å². The van der Waals surface area contributed by atoms with Crippen LogP contribution in [0.15, 0.2) is 0 Å². The lowest BCUT2D eigenvalue weighted by atomic mass is 10.2. The first-order valence-corrected chi connectivity index (χ1v) is 12.3. The van der Waals surface area contributed by atoms with Crippen LogP contribution < -0.4 is 0 Å². The van der Waals surface area contributed by atoms with Crippen LogP contribution >= 0.6 is 0 Å². The first kappa shape index (κ1) is 25.9. The van der Waals surface area contributed by atoms with E-state index in [1.54, 1.807) is 0 Å². The summed E-state index contributed by atoms with van der Waals surface area (Å²) in [6, 6.07) is 0. The van der Waals surface area contributed by atoms with Gasteiger partial charge in [0, 0.05) is 0 Å². The van der Waals surface area contributed by atoms with E-state index in [-0.39, 0.29) is 11.6 Å². The Morgan fingerprint density at radius 3 is 1.19 bits per heavy atom. The summed E-state index contributed by atoms with van der Waals surface area (Å²) >= 11 is 0. The summed E-state index contributed by atoms with van der Waals surface area (Å²) in [6.45, 7) is 16.1. The molecule has 0 N–H and O–H groups in total. The minimum absolute atomic E-state index is 0.130. The minimum atomic E-state index is -1.67. The van der Waals surface area contributed by atoms with Gasteiger partial charge in [-0.05, 0) is 18.1 Å². The van der Waals surface area contributed by atoms with Crippen LogP contribution in [0.1, 0.15) is 20.8 Å². The third-order valence-electron chi connectivity index (χ3n) is 4.21. The Labute approximate surface area is 159 Å². The maximum atomic E-state index is 11.7. The monoisotopic (exact) mass is 398 g/mol. The van der Waals surface area contributed by atoms with Crippen molar-refractivity contribution in [1.82, 2.24) is 0 Å². The molecule has 0 radical (unpaired) electrons. The Hall–Kier alpha value is -0.0931. The second kappa shape index (κ2) is 15.9. The summed E-state index contributed by atoms with van der Waals surface area (Å²) in [5, 5.41) is 0.226. The first-order valence-electron chi connectivity index (χ1n) is 9.40. The summed E-state index contributed by atoms with van der Waals surface area (Å²) in [4.78, 5) is 0. The van der Waals surface area contributed by atoms with Gasteiger partial charge in [-0.1, -0.05) is 20.8 Å². The van der Waals surface area contributed by atoms with Gasteiger partial charge in [0.2, 0.25) is 0 Å². The second-order valence-corrected chi connectivity index (χ2v) is 12.2. The van der Waals surface area contributed by atoms with E-state index >= 15 is 0 Å². The summed E-state index contributed by atoms with van der Waals surface area (Å²) in [5.41, 5.74) is 0. The Kier molecular flexibility index (Phi) is 15.9. The van der Waals surface area contributed by atoms with Crippen molar-refractivity contribution in [2.45, 2.75) is 38.9 Å². The van der Waals surface area contributed by atoms with Crippen LogP contribution in [0.5, 0.6) is 0 Å². The van der Waals surface area contributed by atoms with Crippen LogP contribution in [0.4, 0.5) is 4.39 Å². The number of alkyl halides is 1. The first-order chi connectivity index (χ1) is 12.3. The molecule has 0 spiro atoms.